The Morgan fingerprint density at radius 2 is 1.67 bits per heavy atom. The maximum absolute atomic E-state index is 13.5. The van der Waals surface area contributed by atoms with Gasteiger partial charge in [0, 0.05) is 39.6 Å². The lowest BCUT2D eigenvalue weighted by Crippen LogP contribution is -2.51. The zero-order valence-corrected chi connectivity index (χ0v) is 19.0. The first-order chi connectivity index (χ1) is 15.7. The highest BCUT2D eigenvalue weighted by Gasteiger charge is 2.34. The van der Waals surface area contributed by atoms with Crippen LogP contribution in [0.25, 0.3) is 0 Å². The molecule has 2 aliphatic heterocycles. The molecule has 0 saturated carbocycles. The predicted molar refractivity (Wildman–Crippen MR) is 117 cm³/mol. The molecular weight excluding hydrogens is 452 g/mol. The molecule has 0 N–H and O–H groups in total. The van der Waals surface area contributed by atoms with Crippen LogP contribution in [0.3, 0.4) is 0 Å². The molecule has 1 atom stereocenters. The third-order valence-corrected chi connectivity index (χ3v) is 8.20. The molecule has 2 aliphatic rings. The van der Waals surface area contributed by atoms with Crippen LogP contribution in [-0.2, 0) is 26.0 Å². The van der Waals surface area contributed by atoms with Crippen molar-refractivity contribution in [3.8, 4) is 0 Å². The van der Waals surface area contributed by atoms with E-state index >= 15 is 0 Å². The molecular formula is C23H25F2N3O4S. The minimum absolute atomic E-state index is 0.0464. The number of sulfonamides is 1. The SMILES string of the molecule is CC(=O)N1CCc2ccccc2C1CC(=O)N1CCN(S(=O)(=O)c2ccc(F)c(F)c2)CC1. The number of carbonyl (C=O) groups excluding carboxylic acids is 2. The number of rotatable bonds is 4. The van der Waals surface area contributed by atoms with Gasteiger partial charge in [-0.05, 0) is 35.7 Å². The van der Waals surface area contributed by atoms with Crippen LogP contribution in [0.1, 0.15) is 30.5 Å². The number of halogens is 2. The highest BCUT2D eigenvalue weighted by atomic mass is 32.2. The second-order valence-corrected chi connectivity index (χ2v) is 10.2. The van der Waals surface area contributed by atoms with Gasteiger partial charge < -0.3 is 9.80 Å². The molecule has 2 heterocycles. The summed E-state index contributed by atoms with van der Waals surface area (Å²) in [7, 11) is -4.00. The largest absolute Gasteiger partial charge is 0.340 e. The number of carbonyl (C=O) groups is 2. The molecule has 10 heteroatoms. The van der Waals surface area contributed by atoms with Crippen molar-refractivity contribution < 1.29 is 26.8 Å². The van der Waals surface area contributed by atoms with Crippen molar-refractivity contribution in [3.05, 3.63) is 65.2 Å². The van der Waals surface area contributed by atoms with Gasteiger partial charge in [-0.15, -0.1) is 0 Å². The smallest absolute Gasteiger partial charge is 0.243 e. The summed E-state index contributed by atoms with van der Waals surface area (Å²) in [5.41, 5.74) is 2.09. The van der Waals surface area contributed by atoms with Gasteiger partial charge in [-0.3, -0.25) is 9.59 Å². The molecule has 4 rings (SSSR count). The van der Waals surface area contributed by atoms with E-state index in [0.29, 0.717) is 12.6 Å². The minimum Gasteiger partial charge on any atom is -0.340 e. The van der Waals surface area contributed by atoms with Crippen LogP contribution in [0.5, 0.6) is 0 Å². The third-order valence-electron chi connectivity index (χ3n) is 6.30. The number of piperazine rings is 1. The van der Waals surface area contributed by atoms with E-state index in [-0.39, 0.29) is 55.4 Å². The topological polar surface area (TPSA) is 78.0 Å². The van der Waals surface area contributed by atoms with Crippen LogP contribution in [0.2, 0.25) is 0 Å². The van der Waals surface area contributed by atoms with Crippen molar-refractivity contribution in [2.24, 2.45) is 0 Å². The lowest BCUT2D eigenvalue weighted by Gasteiger charge is -2.39. The number of fused-ring (bicyclic) bond motifs is 1. The second kappa shape index (κ2) is 9.18. The van der Waals surface area contributed by atoms with Crippen LogP contribution in [0, 0.1) is 11.6 Å². The van der Waals surface area contributed by atoms with E-state index < -0.39 is 21.7 Å². The fourth-order valence-corrected chi connectivity index (χ4v) is 5.94. The molecule has 7 nitrogen and oxygen atoms in total. The van der Waals surface area contributed by atoms with Crippen molar-refractivity contribution in [1.82, 2.24) is 14.1 Å². The standard InChI is InChI=1S/C23H25F2N3O4S/c1-16(29)28-9-8-17-4-2-3-5-19(17)22(28)15-23(30)26-10-12-27(13-11-26)33(31,32)18-6-7-20(24)21(25)14-18/h2-7,14,22H,8-13,15H2,1H3. The van der Waals surface area contributed by atoms with Gasteiger partial charge >= 0.3 is 0 Å². The molecule has 0 bridgehead atoms. The Labute approximate surface area is 191 Å². The lowest BCUT2D eigenvalue weighted by molar-refractivity contribution is -0.137. The molecule has 0 spiro atoms. The number of hydrogen-bond acceptors (Lipinski definition) is 4. The predicted octanol–water partition coefficient (Wildman–Crippen LogP) is 2.33. The lowest BCUT2D eigenvalue weighted by atomic mass is 9.90. The molecule has 176 valence electrons. The summed E-state index contributed by atoms with van der Waals surface area (Å²) >= 11 is 0. The van der Waals surface area contributed by atoms with Crippen LogP contribution in [0.15, 0.2) is 47.4 Å². The first-order valence-electron chi connectivity index (χ1n) is 10.8. The van der Waals surface area contributed by atoms with E-state index in [1.54, 1.807) is 9.80 Å². The minimum atomic E-state index is -4.00. The quantitative estimate of drug-likeness (QED) is 0.677. The van der Waals surface area contributed by atoms with Gasteiger partial charge in [0.05, 0.1) is 17.4 Å². The Morgan fingerprint density at radius 1 is 0.970 bits per heavy atom. The summed E-state index contributed by atoms with van der Waals surface area (Å²) in [6.45, 7) is 2.49. The van der Waals surface area contributed by atoms with Gasteiger partial charge in [-0.25, -0.2) is 17.2 Å². The van der Waals surface area contributed by atoms with Crippen molar-refractivity contribution in [2.75, 3.05) is 32.7 Å². The Balaban J connectivity index is 1.44. The average molecular weight is 478 g/mol. The monoisotopic (exact) mass is 477 g/mol. The highest BCUT2D eigenvalue weighted by Crippen LogP contribution is 2.33. The van der Waals surface area contributed by atoms with Crippen molar-refractivity contribution >= 4 is 21.8 Å². The Hall–Kier alpha value is -2.85. The maximum atomic E-state index is 13.5. The maximum Gasteiger partial charge on any atom is 0.243 e. The summed E-state index contributed by atoms with van der Waals surface area (Å²) in [6, 6.07) is 9.90. The second-order valence-electron chi connectivity index (χ2n) is 8.24. The summed E-state index contributed by atoms with van der Waals surface area (Å²) in [5, 5.41) is 0. The molecule has 0 radical (unpaired) electrons. The van der Waals surface area contributed by atoms with E-state index in [4.69, 9.17) is 0 Å². The highest BCUT2D eigenvalue weighted by molar-refractivity contribution is 7.89. The van der Waals surface area contributed by atoms with Gasteiger partial charge in [-0.2, -0.15) is 4.31 Å². The molecule has 33 heavy (non-hydrogen) atoms. The first-order valence-corrected chi connectivity index (χ1v) is 12.2. The molecule has 2 amide bonds. The molecule has 1 fully saturated rings. The number of amides is 2. The Bertz CT molecular complexity index is 1180. The Morgan fingerprint density at radius 3 is 2.33 bits per heavy atom. The van der Waals surface area contributed by atoms with E-state index in [1.807, 2.05) is 24.3 Å². The fourth-order valence-electron chi connectivity index (χ4n) is 4.51. The summed E-state index contributed by atoms with van der Waals surface area (Å²) in [5.74, 6) is -2.60. The first kappa shape index (κ1) is 23.3. The average Bonchev–Trinajstić information content (AvgIpc) is 2.80. The summed E-state index contributed by atoms with van der Waals surface area (Å²) in [6.07, 6.45) is 0.855. The van der Waals surface area contributed by atoms with Gasteiger partial charge in [0.25, 0.3) is 0 Å². The molecule has 2 aromatic carbocycles. The van der Waals surface area contributed by atoms with Gasteiger partial charge in [-0.1, -0.05) is 24.3 Å². The number of nitrogens with zero attached hydrogens (tertiary/aromatic N) is 3. The van der Waals surface area contributed by atoms with Crippen molar-refractivity contribution in [2.45, 2.75) is 30.7 Å². The van der Waals surface area contributed by atoms with Crippen LogP contribution in [-0.4, -0.2) is 67.1 Å². The molecule has 1 unspecified atom stereocenters. The molecule has 0 aromatic heterocycles. The summed E-state index contributed by atoms with van der Waals surface area (Å²) in [4.78, 5) is 28.2. The van der Waals surface area contributed by atoms with Gasteiger partial charge in [0.1, 0.15) is 0 Å². The van der Waals surface area contributed by atoms with Crippen molar-refractivity contribution in [1.29, 1.82) is 0 Å². The van der Waals surface area contributed by atoms with E-state index in [9.17, 15) is 26.8 Å². The fraction of sp³-hybridized carbons (Fsp3) is 0.391. The Kier molecular flexibility index (Phi) is 6.49. The van der Waals surface area contributed by atoms with E-state index in [2.05, 4.69) is 0 Å². The summed E-state index contributed by atoms with van der Waals surface area (Å²) < 4.78 is 53.4. The number of benzene rings is 2. The van der Waals surface area contributed by atoms with Gasteiger partial charge in [0.2, 0.25) is 21.8 Å². The van der Waals surface area contributed by atoms with E-state index in [0.717, 1.165) is 29.7 Å². The van der Waals surface area contributed by atoms with Crippen LogP contribution >= 0.6 is 0 Å². The zero-order chi connectivity index (χ0) is 23.8. The third kappa shape index (κ3) is 4.63. The normalized spacial score (nSPS) is 19.3. The molecule has 2 aromatic rings. The zero-order valence-electron chi connectivity index (χ0n) is 18.2. The number of hydrogen-bond donors (Lipinski definition) is 0. The molecule has 0 aliphatic carbocycles. The van der Waals surface area contributed by atoms with E-state index in [1.165, 1.54) is 11.2 Å². The van der Waals surface area contributed by atoms with Gasteiger partial charge in [0.15, 0.2) is 11.6 Å². The van der Waals surface area contributed by atoms with Crippen LogP contribution in [0.4, 0.5) is 8.78 Å². The molecule has 1 saturated heterocycles. The van der Waals surface area contributed by atoms with Crippen molar-refractivity contribution in [3.63, 3.8) is 0 Å². The van der Waals surface area contributed by atoms with Crippen LogP contribution < -0.4 is 0 Å².